The maximum absolute atomic E-state index is 11.6. The molecule has 1 atom stereocenters. The van der Waals surface area contributed by atoms with Gasteiger partial charge in [-0.15, -0.1) is 0 Å². The number of amides is 2. The molecule has 0 saturated carbocycles. The van der Waals surface area contributed by atoms with Gasteiger partial charge in [0.1, 0.15) is 0 Å². The fraction of sp³-hybridized carbons (Fsp3) is 0.750. The Morgan fingerprint density at radius 2 is 1.84 bits per heavy atom. The van der Waals surface area contributed by atoms with Crippen LogP contribution in [0.15, 0.2) is 0 Å². The van der Waals surface area contributed by atoms with E-state index in [-0.39, 0.29) is 24.8 Å². The number of rotatable bonds is 6. The van der Waals surface area contributed by atoms with Crippen LogP contribution in [0.1, 0.15) is 33.6 Å². The van der Waals surface area contributed by atoms with E-state index in [4.69, 9.17) is 5.11 Å². The molecule has 110 valence electrons. The van der Waals surface area contributed by atoms with Crippen molar-refractivity contribution in [2.45, 2.75) is 39.7 Å². The normalized spacial score (nSPS) is 12.4. The van der Waals surface area contributed by atoms with Gasteiger partial charge in [-0.2, -0.15) is 0 Å². The molecule has 3 N–H and O–H groups in total. The summed E-state index contributed by atoms with van der Waals surface area (Å²) < 4.78 is 4.43. The van der Waals surface area contributed by atoms with E-state index in [1.807, 2.05) is 20.8 Å². The second-order valence-corrected chi connectivity index (χ2v) is 5.24. The number of nitrogens with one attached hydrogen (secondary N) is 2. The third-order valence-corrected chi connectivity index (χ3v) is 2.57. The van der Waals surface area contributed by atoms with Crippen LogP contribution in [0.5, 0.6) is 0 Å². The van der Waals surface area contributed by atoms with Gasteiger partial charge in [0, 0.05) is 12.6 Å². The van der Waals surface area contributed by atoms with Gasteiger partial charge in [0.25, 0.3) is 0 Å². The van der Waals surface area contributed by atoms with Crippen molar-refractivity contribution in [3.8, 4) is 0 Å². The summed E-state index contributed by atoms with van der Waals surface area (Å²) >= 11 is 0. The van der Waals surface area contributed by atoms with Crippen LogP contribution in [0.3, 0.4) is 0 Å². The highest BCUT2D eigenvalue weighted by Crippen LogP contribution is 2.21. The number of hydrogen-bond donors (Lipinski definition) is 3. The summed E-state index contributed by atoms with van der Waals surface area (Å²) in [6, 6.07) is -0.992. The predicted molar refractivity (Wildman–Crippen MR) is 68.7 cm³/mol. The minimum Gasteiger partial charge on any atom is -0.481 e. The van der Waals surface area contributed by atoms with Crippen LogP contribution in [0.2, 0.25) is 0 Å². The van der Waals surface area contributed by atoms with E-state index in [0.717, 1.165) is 0 Å². The number of carbonyl (C=O) groups is 3. The Morgan fingerprint density at radius 3 is 2.26 bits per heavy atom. The standard InChI is InChI=1S/C12H22N2O5/c1-12(2,3)8(7-9(15)16)14-11(18)13-6-5-10(17)19-4/h8H,5-7H2,1-4H3,(H,15,16)(H2,13,14,18). The quantitative estimate of drug-likeness (QED) is 0.619. The fourth-order valence-electron chi connectivity index (χ4n) is 1.34. The van der Waals surface area contributed by atoms with Crippen molar-refractivity contribution in [2.75, 3.05) is 13.7 Å². The third-order valence-electron chi connectivity index (χ3n) is 2.57. The minimum absolute atomic E-state index is 0.0725. The molecule has 0 aliphatic heterocycles. The smallest absolute Gasteiger partial charge is 0.315 e. The summed E-state index contributed by atoms with van der Waals surface area (Å²) in [5.74, 6) is -1.40. The molecule has 0 fully saturated rings. The number of methoxy groups -OCH3 is 1. The van der Waals surface area contributed by atoms with Gasteiger partial charge >= 0.3 is 18.0 Å². The molecule has 0 aromatic heterocycles. The predicted octanol–water partition coefficient (Wildman–Crippen LogP) is 0.738. The van der Waals surface area contributed by atoms with Gasteiger partial charge in [0.2, 0.25) is 0 Å². The summed E-state index contributed by atoms with van der Waals surface area (Å²) in [6.45, 7) is 5.67. The number of carboxylic acid groups (broad SMARTS) is 1. The average Bonchev–Trinajstić information content (AvgIpc) is 2.26. The monoisotopic (exact) mass is 274 g/mol. The lowest BCUT2D eigenvalue weighted by Gasteiger charge is -2.30. The number of hydrogen-bond acceptors (Lipinski definition) is 4. The first-order valence-corrected chi connectivity index (χ1v) is 5.99. The van der Waals surface area contributed by atoms with E-state index in [1.54, 1.807) is 0 Å². The van der Waals surface area contributed by atoms with Gasteiger partial charge in [-0.25, -0.2) is 4.79 Å². The lowest BCUT2D eigenvalue weighted by Crippen LogP contribution is -2.49. The molecular weight excluding hydrogens is 252 g/mol. The molecule has 1 unspecified atom stereocenters. The lowest BCUT2D eigenvalue weighted by atomic mass is 9.85. The number of urea groups is 1. The van der Waals surface area contributed by atoms with Crippen LogP contribution >= 0.6 is 0 Å². The van der Waals surface area contributed by atoms with Gasteiger partial charge in [0.05, 0.1) is 20.0 Å². The molecular formula is C12H22N2O5. The highest BCUT2D eigenvalue weighted by molar-refractivity contribution is 5.76. The summed E-state index contributed by atoms with van der Waals surface area (Å²) in [4.78, 5) is 33.2. The second-order valence-electron chi connectivity index (χ2n) is 5.24. The zero-order valence-corrected chi connectivity index (χ0v) is 11.8. The minimum atomic E-state index is -0.977. The molecule has 0 aliphatic carbocycles. The summed E-state index contributed by atoms with van der Waals surface area (Å²) in [6.07, 6.45) is -0.0864. The van der Waals surface area contributed by atoms with Gasteiger partial charge in [-0.1, -0.05) is 20.8 Å². The zero-order valence-electron chi connectivity index (χ0n) is 11.8. The molecule has 0 aliphatic rings. The van der Waals surface area contributed by atoms with Crippen LogP contribution in [0.25, 0.3) is 0 Å². The Morgan fingerprint density at radius 1 is 1.26 bits per heavy atom. The van der Waals surface area contributed by atoms with Crippen LogP contribution in [-0.4, -0.2) is 42.8 Å². The molecule has 7 heteroatoms. The van der Waals surface area contributed by atoms with Crippen molar-refractivity contribution in [1.82, 2.24) is 10.6 Å². The van der Waals surface area contributed by atoms with Crippen LogP contribution in [0, 0.1) is 5.41 Å². The van der Waals surface area contributed by atoms with Crippen molar-refractivity contribution in [1.29, 1.82) is 0 Å². The summed E-state index contributed by atoms with van der Waals surface area (Å²) in [5, 5.41) is 13.9. The number of esters is 1. The van der Waals surface area contributed by atoms with Crippen LogP contribution in [0.4, 0.5) is 4.79 Å². The van der Waals surface area contributed by atoms with Gasteiger partial charge in [-0.05, 0) is 5.41 Å². The Hall–Kier alpha value is -1.79. The highest BCUT2D eigenvalue weighted by atomic mass is 16.5. The van der Waals surface area contributed by atoms with Crippen LogP contribution in [-0.2, 0) is 14.3 Å². The largest absolute Gasteiger partial charge is 0.481 e. The Labute approximate surface area is 112 Å². The van der Waals surface area contributed by atoms with Gasteiger partial charge in [0.15, 0.2) is 0 Å². The Balaban J connectivity index is 4.24. The van der Waals surface area contributed by atoms with Crippen molar-refractivity contribution < 1.29 is 24.2 Å². The fourth-order valence-corrected chi connectivity index (χ4v) is 1.34. The summed E-state index contributed by atoms with van der Waals surface area (Å²) in [7, 11) is 1.27. The van der Waals surface area contributed by atoms with E-state index in [9.17, 15) is 14.4 Å². The molecule has 0 rings (SSSR count). The van der Waals surface area contributed by atoms with Crippen LogP contribution < -0.4 is 10.6 Å². The number of aliphatic carboxylic acids is 1. The van der Waals surface area contributed by atoms with E-state index < -0.39 is 24.0 Å². The Bertz CT molecular complexity index is 336. The van der Waals surface area contributed by atoms with E-state index >= 15 is 0 Å². The van der Waals surface area contributed by atoms with Crippen molar-refractivity contribution in [2.24, 2.45) is 5.41 Å². The maximum Gasteiger partial charge on any atom is 0.315 e. The lowest BCUT2D eigenvalue weighted by molar-refractivity contribution is -0.140. The molecule has 0 spiro atoms. The molecule has 2 amide bonds. The average molecular weight is 274 g/mol. The number of ether oxygens (including phenoxy) is 1. The highest BCUT2D eigenvalue weighted by Gasteiger charge is 2.28. The third kappa shape index (κ3) is 8.01. The maximum atomic E-state index is 11.6. The van der Waals surface area contributed by atoms with Gasteiger partial charge in [-0.3, -0.25) is 9.59 Å². The molecule has 0 radical (unpaired) electrons. The van der Waals surface area contributed by atoms with E-state index in [0.29, 0.717) is 0 Å². The van der Waals surface area contributed by atoms with E-state index in [2.05, 4.69) is 15.4 Å². The topological polar surface area (TPSA) is 105 Å². The molecule has 0 bridgehead atoms. The van der Waals surface area contributed by atoms with Crippen molar-refractivity contribution in [3.63, 3.8) is 0 Å². The van der Waals surface area contributed by atoms with Crippen molar-refractivity contribution in [3.05, 3.63) is 0 Å². The molecule has 0 aromatic carbocycles. The molecule has 0 heterocycles. The molecule has 0 aromatic rings. The SMILES string of the molecule is COC(=O)CCNC(=O)NC(CC(=O)O)C(C)(C)C. The van der Waals surface area contributed by atoms with Crippen molar-refractivity contribution >= 4 is 18.0 Å². The van der Waals surface area contributed by atoms with E-state index in [1.165, 1.54) is 7.11 Å². The Kier molecular flexibility index (Phi) is 6.89. The van der Waals surface area contributed by atoms with Gasteiger partial charge < -0.3 is 20.5 Å². The number of carbonyl (C=O) groups excluding carboxylic acids is 2. The first-order valence-electron chi connectivity index (χ1n) is 5.99. The zero-order chi connectivity index (χ0) is 15.1. The molecule has 19 heavy (non-hydrogen) atoms. The second kappa shape index (κ2) is 7.60. The number of carboxylic acids is 1. The molecule has 7 nitrogen and oxygen atoms in total. The first-order chi connectivity index (χ1) is 8.66. The molecule has 0 saturated heterocycles. The summed E-state index contributed by atoms with van der Waals surface area (Å²) in [5.41, 5.74) is -0.377. The first kappa shape index (κ1) is 17.2.